The normalized spacial score (nSPS) is 21.4. The van der Waals surface area contributed by atoms with E-state index < -0.39 is 0 Å². The molecule has 5 heteroatoms. The molecule has 2 aromatic rings. The van der Waals surface area contributed by atoms with Crippen LogP contribution in [0.4, 0.5) is 0 Å². The van der Waals surface area contributed by atoms with Crippen molar-refractivity contribution in [1.82, 2.24) is 15.3 Å². The molecule has 26 heavy (non-hydrogen) atoms. The van der Waals surface area contributed by atoms with E-state index in [1.807, 2.05) is 31.5 Å². The van der Waals surface area contributed by atoms with Gasteiger partial charge in [-0.05, 0) is 68.8 Å². The first-order valence-electron chi connectivity index (χ1n) is 9.58. The molecule has 2 atom stereocenters. The van der Waals surface area contributed by atoms with Crippen LogP contribution in [0, 0.1) is 6.92 Å². The highest BCUT2D eigenvalue weighted by Crippen LogP contribution is 2.19. The lowest BCUT2D eigenvalue weighted by atomic mass is 10.1. The van der Waals surface area contributed by atoms with Gasteiger partial charge in [0.05, 0.1) is 12.3 Å². The molecule has 2 unspecified atom stereocenters. The fourth-order valence-electron chi connectivity index (χ4n) is 3.01. The zero-order valence-electron chi connectivity index (χ0n) is 15.6. The largest absolute Gasteiger partial charge is 0.490 e. The molecule has 0 spiro atoms. The third-order valence-electron chi connectivity index (χ3n) is 4.74. The van der Waals surface area contributed by atoms with Crippen molar-refractivity contribution < 1.29 is 9.47 Å². The number of aromatic nitrogens is 2. The number of hydrogen-bond acceptors (Lipinski definition) is 5. The van der Waals surface area contributed by atoms with E-state index in [4.69, 9.17) is 9.47 Å². The number of aryl methyl sites for hydroxylation is 2. The molecule has 0 amide bonds. The van der Waals surface area contributed by atoms with Crippen molar-refractivity contribution in [3.63, 3.8) is 0 Å². The summed E-state index contributed by atoms with van der Waals surface area (Å²) in [6, 6.07) is 6.58. The topological polar surface area (TPSA) is 56.3 Å². The quantitative estimate of drug-likeness (QED) is 0.861. The zero-order chi connectivity index (χ0) is 18.0. The average Bonchev–Trinajstić information content (AvgIpc) is 3.14. The summed E-state index contributed by atoms with van der Waals surface area (Å²) in [5.41, 5.74) is 2.46. The van der Waals surface area contributed by atoms with Gasteiger partial charge >= 0.3 is 0 Å². The van der Waals surface area contributed by atoms with Crippen LogP contribution in [-0.4, -0.2) is 41.9 Å². The molecule has 2 fully saturated rings. The minimum atomic E-state index is 0.448. The molecular formula is C21H29N3O2. The summed E-state index contributed by atoms with van der Waals surface area (Å²) in [7, 11) is 0. The van der Waals surface area contributed by atoms with Gasteiger partial charge in [0.25, 0.3) is 0 Å². The Balaban J connectivity index is 0.000000236. The summed E-state index contributed by atoms with van der Waals surface area (Å²) >= 11 is 0. The SMILES string of the molecule is Cc1cccnc1.c1ncc(OCC2CCN2)cc1CCC1CCCO1. The Morgan fingerprint density at radius 2 is 2.15 bits per heavy atom. The Hall–Kier alpha value is -1.98. The summed E-state index contributed by atoms with van der Waals surface area (Å²) < 4.78 is 11.4. The van der Waals surface area contributed by atoms with E-state index in [1.165, 1.54) is 30.4 Å². The van der Waals surface area contributed by atoms with Crippen molar-refractivity contribution in [2.45, 2.75) is 51.2 Å². The van der Waals surface area contributed by atoms with Crippen LogP contribution in [-0.2, 0) is 11.2 Å². The van der Waals surface area contributed by atoms with Gasteiger partial charge in [-0.25, -0.2) is 0 Å². The van der Waals surface area contributed by atoms with Crippen molar-refractivity contribution in [3.8, 4) is 5.75 Å². The smallest absolute Gasteiger partial charge is 0.137 e. The Labute approximate surface area is 156 Å². The number of nitrogens with zero attached hydrogens (tertiary/aromatic N) is 2. The van der Waals surface area contributed by atoms with Gasteiger partial charge in [0.15, 0.2) is 0 Å². The Morgan fingerprint density at radius 1 is 1.23 bits per heavy atom. The highest BCUT2D eigenvalue weighted by molar-refractivity contribution is 5.23. The molecular weight excluding hydrogens is 326 g/mol. The van der Waals surface area contributed by atoms with Crippen LogP contribution in [0.15, 0.2) is 43.0 Å². The van der Waals surface area contributed by atoms with Gasteiger partial charge in [-0.2, -0.15) is 0 Å². The molecule has 2 aliphatic rings. The summed E-state index contributed by atoms with van der Waals surface area (Å²) in [5, 5.41) is 3.33. The number of rotatable bonds is 6. The number of hydrogen-bond donors (Lipinski definition) is 1. The molecule has 140 valence electrons. The zero-order valence-corrected chi connectivity index (χ0v) is 15.6. The molecule has 0 bridgehead atoms. The molecule has 0 aliphatic carbocycles. The van der Waals surface area contributed by atoms with Crippen molar-refractivity contribution in [2.24, 2.45) is 0 Å². The van der Waals surface area contributed by atoms with Crippen molar-refractivity contribution in [2.75, 3.05) is 19.8 Å². The molecule has 0 aromatic carbocycles. The summed E-state index contributed by atoms with van der Waals surface area (Å²) in [5.74, 6) is 0.888. The number of ether oxygens (including phenoxy) is 2. The first-order chi connectivity index (χ1) is 12.8. The predicted molar refractivity (Wildman–Crippen MR) is 102 cm³/mol. The van der Waals surface area contributed by atoms with Gasteiger partial charge in [0.1, 0.15) is 12.4 Å². The Bertz CT molecular complexity index is 641. The molecule has 5 nitrogen and oxygen atoms in total. The van der Waals surface area contributed by atoms with Crippen LogP contribution in [0.1, 0.15) is 36.8 Å². The summed E-state index contributed by atoms with van der Waals surface area (Å²) in [6.45, 7) is 4.82. The van der Waals surface area contributed by atoms with E-state index in [1.54, 1.807) is 12.4 Å². The third kappa shape index (κ3) is 6.39. The lowest BCUT2D eigenvalue weighted by molar-refractivity contribution is 0.104. The van der Waals surface area contributed by atoms with E-state index in [9.17, 15) is 0 Å². The van der Waals surface area contributed by atoms with Gasteiger partial charge in [0.2, 0.25) is 0 Å². The van der Waals surface area contributed by atoms with Gasteiger partial charge in [-0.1, -0.05) is 6.07 Å². The highest BCUT2D eigenvalue weighted by atomic mass is 16.5. The third-order valence-corrected chi connectivity index (χ3v) is 4.74. The highest BCUT2D eigenvalue weighted by Gasteiger charge is 2.17. The minimum Gasteiger partial charge on any atom is -0.490 e. The molecule has 1 N–H and O–H groups in total. The lowest BCUT2D eigenvalue weighted by Gasteiger charge is -2.27. The average molecular weight is 355 g/mol. The van der Waals surface area contributed by atoms with Crippen molar-refractivity contribution in [1.29, 1.82) is 0 Å². The van der Waals surface area contributed by atoms with Crippen LogP contribution in [0.25, 0.3) is 0 Å². The summed E-state index contributed by atoms with van der Waals surface area (Å²) in [6.07, 6.45) is 13.5. The van der Waals surface area contributed by atoms with Gasteiger partial charge in [-0.15, -0.1) is 0 Å². The van der Waals surface area contributed by atoms with E-state index in [2.05, 4.69) is 21.4 Å². The van der Waals surface area contributed by atoms with E-state index in [-0.39, 0.29) is 0 Å². The van der Waals surface area contributed by atoms with Crippen molar-refractivity contribution >= 4 is 0 Å². The monoisotopic (exact) mass is 355 g/mol. The van der Waals surface area contributed by atoms with Gasteiger partial charge in [-0.3, -0.25) is 9.97 Å². The Kier molecular flexibility index (Phi) is 7.40. The maximum absolute atomic E-state index is 5.77. The number of nitrogens with one attached hydrogen (secondary N) is 1. The van der Waals surface area contributed by atoms with Crippen LogP contribution in [0.2, 0.25) is 0 Å². The molecule has 2 aliphatic heterocycles. The van der Waals surface area contributed by atoms with Crippen molar-refractivity contribution in [3.05, 3.63) is 54.1 Å². The molecule has 2 aromatic heterocycles. The number of pyridine rings is 2. The van der Waals surface area contributed by atoms with Crippen LogP contribution in [0.3, 0.4) is 0 Å². The maximum Gasteiger partial charge on any atom is 0.137 e. The van der Waals surface area contributed by atoms with Gasteiger partial charge < -0.3 is 14.8 Å². The molecule has 0 radical (unpaired) electrons. The molecule has 4 heterocycles. The first-order valence-corrected chi connectivity index (χ1v) is 9.58. The fourth-order valence-corrected chi connectivity index (χ4v) is 3.01. The van der Waals surface area contributed by atoms with E-state index >= 15 is 0 Å². The van der Waals surface area contributed by atoms with Crippen LogP contribution in [0.5, 0.6) is 5.75 Å². The predicted octanol–water partition coefficient (Wildman–Crippen LogP) is 3.32. The molecule has 4 rings (SSSR count). The first kappa shape index (κ1) is 18.8. The van der Waals surface area contributed by atoms with Crippen LogP contribution < -0.4 is 10.1 Å². The van der Waals surface area contributed by atoms with E-state index in [0.717, 1.165) is 38.3 Å². The summed E-state index contributed by atoms with van der Waals surface area (Å²) in [4.78, 5) is 8.15. The molecule has 0 saturated carbocycles. The van der Waals surface area contributed by atoms with E-state index in [0.29, 0.717) is 12.1 Å². The standard InChI is InChI=1S/C15H22N2O2.C6H7N/c1-2-14(18-7-1)4-3-12-8-15(10-16-9-12)19-11-13-5-6-17-13;1-6-3-2-4-7-5-6/h8-10,13-14,17H,1-7,11H2;2-5H,1H3. The van der Waals surface area contributed by atoms with Crippen LogP contribution >= 0.6 is 0 Å². The van der Waals surface area contributed by atoms with Gasteiger partial charge in [0, 0.05) is 31.2 Å². The fraction of sp³-hybridized carbons (Fsp3) is 0.524. The molecule has 2 saturated heterocycles. The minimum absolute atomic E-state index is 0.448. The second-order valence-electron chi connectivity index (χ2n) is 6.98. The Morgan fingerprint density at radius 3 is 2.77 bits per heavy atom. The lowest BCUT2D eigenvalue weighted by Crippen LogP contribution is -2.46. The second-order valence-corrected chi connectivity index (χ2v) is 6.98. The maximum atomic E-state index is 5.77. The second kappa shape index (κ2) is 10.2.